The number of ether oxygens (including phenoxy) is 2. The van der Waals surface area contributed by atoms with E-state index in [0.29, 0.717) is 6.61 Å². The number of rotatable bonds is 4. The van der Waals surface area contributed by atoms with Gasteiger partial charge in [0.25, 0.3) is 0 Å². The van der Waals surface area contributed by atoms with Gasteiger partial charge in [-0.15, -0.1) is 0 Å². The van der Waals surface area contributed by atoms with E-state index in [1.54, 1.807) is 7.11 Å². The molecule has 1 aromatic rings. The van der Waals surface area contributed by atoms with Gasteiger partial charge in [-0.05, 0) is 24.6 Å². The summed E-state index contributed by atoms with van der Waals surface area (Å²) in [5.41, 5.74) is 0.992. The fourth-order valence-electron chi connectivity index (χ4n) is 0.939. The second-order valence-corrected chi connectivity index (χ2v) is 2.90. The largest absolute Gasteiger partial charge is 0.493 e. The molecule has 0 heterocycles. The molecule has 13 heavy (non-hydrogen) atoms. The second-order valence-electron chi connectivity index (χ2n) is 2.90. The van der Waals surface area contributed by atoms with Crippen LogP contribution in [0.15, 0.2) is 36.4 Å². The molecule has 0 fully saturated rings. The smallest absolute Gasteiger partial charge is 0.161 e. The van der Waals surface area contributed by atoms with E-state index < -0.39 is 0 Å². The summed E-state index contributed by atoms with van der Waals surface area (Å²) in [4.78, 5) is 0. The molecule has 0 aliphatic rings. The molecule has 0 aliphatic carbocycles. The molecule has 0 radical (unpaired) electrons. The Morgan fingerprint density at radius 3 is 2.46 bits per heavy atom. The SMILES string of the molecule is C=C(C)COc1ccccc1OC. The van der Waals surface area contributed by atoms with Crippen molar-refractivity contribution in [2.75, 3.05) is 13.7 Å². The molecule has 0 spiro atoms. The first-order valence-electron chi connectivity index (χ1n) is 4.14. The van der Waals surface area contributed by atoms with Crippen molar-refractivity contribution in [2.24, 2.45) is 0 Å². The summed E-state index contributed by atoms with van der Waals surface area (Å²) in [7, 11) is 1.63. The zero-order valence-electron chi connectivity index (χ0n) is 8.04. The molecule has 0 N–H and O–H groups in total. The van der Waals surface area contributed by atoms with Crippen molar-refractivity contribution < 1.29 is 9.47 Å². The van der Waals surface area contributed by atoms with E-state index in [0.717, 1.165) is 17.1 Å². The molecule has 0 atom stereocenters. The first-order chi connectivity index (χ1) is 6.24. The van der Waals surface area contributed by atoms with Crippen LogP contribution in [0.25, 0.3) is 0 Å². The Hall–Kier alpha value is -1.44. The van der Waals surface area contributed by atoms with Crippen LogP contribution in [0.2, 0.25) is 0 Å². The van der Waals surface area contributed by atoms with Crippen molar-refractivity contribution in [1.82, 2.24) is 0 Å². The Bertz CT molecular complexity index is 292. The van der Waals surface area contributed by atoms with E-state index in [-0.39, 0.29) is 0 Å². The number of benzene rings is 1. The third-order valence-corrected chi connectivity index (χ3v) is 1.54. The van der Waals surface area contributed by atoms with Crippen molar-refractivity contribution in [3.05, 3.63) is 36.4 Å². The van der Waals surface area contributed by atoms with Gasteiger partial charge in [0, 0.05) is 0 Å². The molecule has 0 saturated heterocycles. The maximum absolute atomic E-state index is 5.46. The summed E-state index contributed by atoms with van der Waals surface area (Å²) >= 11 is 0. The minimum atomic E-state index is 0.528. The topological polar surface area (TPSA) is 18.5 Å². The average Bonchev–Trinajstić information content (AvgIpc) is 2.15. The van der Waals surface area contributed by atoms with Gasteiger partial charge in [-0.1, -0.05) is 18.7 Å². The monoisotopic (exact) mass is 178 g/mol. The fraction of sp³-hybridized carbons (Fsp3) is 0.273. The number of methoxy groups -OCH3 is 1. The Morgan fingerprint density at radius 2 is 1.92 bits per heavy atom. The van der Waals surface area contributed by atoms with Crippen LogP contribution >= 0.6 is 0 Å². The summed E-state index contributed by atoms with van der Waals surface area (Å²) in [5, 5.41) is 0. The lowest BCUT2D eigenvalue weighted by molar-refractivity contribution is 0.320. The van der Waals surface area contributed by atoms with E-state index in [1.165, 1.54) is 0 Å². The Balaban J connectivity index is 2.69. The molecule has 0 aromatic heterocycles. The van der Waals surface area contributed by atoms with Crippen LogP contribution in [0.3, 0.4) is 0 Å². The normalized spacial score (nSPS) is 9.38. The predicted octanol–water partition coefficient (Wildman–Crippen LogP) is 2.65. The van der Waals surface area contributed by atoms with Gasteiger partial charge in [0.2, 0.25) is 0 Å². The summed E-state index contributed by atoms with van der Waals surface area (Å²) in [6, 6.07) is 7.57. The third-order valence-electron chi connectivity index (χ3n) is 1.54. The highest BCUT2D eigenvalue weighted by Crippen LogP contribution is 2.25. The van der Waals surface area contributed by atoms with E-state index in [9.17, 15) is 0 Å². The van der Waals surface area contributed by atoms with Gasteiger partial charge in [0.05, 0.1) is 7.11 Å². The highest BCUT2D eigenvalue weighted by atomic mass is 16.5. The standard InChI is InChI=1S/C11H14O2/c1-9(2)8-13-11-7-5-4-6-10(11)12-3/h4-7H,1,8H2,2-3H3. The highest BCUT2D eigenvalue weighted by molar-refractivity contribution is 5.39. The van der Waals surface area contributed by atoms with Gasteiger partial charge in [-0.25, -0.2) is 0 Å². The van der Waals surface area contributed by atoms with Crippen molar-refractivity contribution in [3.8, 4) is 11.5 Å². The Labute approximate surface area is 78.8 Å². The van der Waals surface area contributed by atoms with Crippen molar-refractivity contribution in [3.63, 3.8) is 0 Å². The summed E-state index contributed by atoms with van der Waals surface area (Å²) in [6.07, 6.45) is 0. The van der Waals surface area contributed by atoms with Crippen molar-refractivity contribution in [1.29, 1.82) is 0 Å². The van der Waals surface area contributed by atoms with E-state index in [4.69, 9.17) is 9.47 Å². The molecular formula is C11H14O2. The second kappa shape index (κ2) is 4.55. The average molecular weight is 178 g/mol. The van der Waals surface area contributed by atoms with Gasteiger partial charge in [0.1, 0.15) is 6.61 Å². The van der Waals surface area contributed by atoms with Crippen LogP contribution in [-0.4, -0.2) is 13.7 Å². The quantitative estimate of drug-likeness (QED) is 0.660. The van der Waals surface area contributed by atoms with Gasteiger partial charge in [-0.3, -0.25) is 0 Å². The van der Waals surface area contributed by atoms with Crippen LogP contribution in [-0.2, 0) is 0 Å². The molecule has 0 amide bonds. The molecule has 1 rings (SSSR count). The maximum atomic E-state index is 5.46. The van der Waals surface area contributed by atoms with Crippen LogP contribution in [0.1, 0.15) is 6.92 Å². The molecule has 0 bridgehead atoms. The van der Waals surface area contributed by atoms with Gasteiger partial charge < -0.3 is 9.47 Å². The summed E-state index contributed by atoms with van der Waals surface area (Å²) in [5.74, 6) is 1.51. The van der Waals surface area contributed by atoms with Gasteiger partial charge in [-0.2, -0.15) is 0 Å². The van der Waals surface area contributed by atoms with Crippen LogP contribution < -0.4 is 9.47 Å². The highest BCUT2D eigenvalue weighted by Gasteiger charge is 2.01. The van der Waals surface area contributed by atoms with Gasteiger partial charge in [0.15, 0.2) is 11.5 Å². The molecule has 2 heteroatoms. The van der Waals surface area contributed by atoms with Crippen LogP contribution in [0.5, 0.6) is 11.5 Å². The number of para-hydroxylation sites is 2. The van der Waals surface area contributed by atoms with Gasteiger partial charge >= 0.3 is 0 Å². The van der Waals surface area contributed by atoms with Crippen molar-refractivity contribution in [2.45, 2.75) is 6.92 Å². The molecule has 0 unspecified atom stereocenters. The third kappa shape index (κ3) is 2.82. The van der Waals surface area contributed by atoms with E-state index in [1.807, 2.05) is 31.2 Å². The summed E-state index contributed by atoms with van der Waals surface area (Å²) in [6.45, 7) is 6.21. The lowest BCUT2D eigenvalue weighted by Gasteiger charge is -2.09. The molecule has 0 saturated carbocycles. The first-order valence-corrected chi connectivity index (χ1v) is 4.14. The number of hydrogen-bond acceptors (Lipinski definition) is 2. The minimum absolute atomic E-state index is 0.528. The van der Waals surface area contributed by atoms with Crippen LogP contribution in [0, 0.1) is 0 Å². The maximum Gasteiger partial charge on any atom is 0.161 e. The lowest BCUT2D eigenvalue weighted by Crippen LogP contribution is -1.99. The molecule has 1 aromatic carbocycles. The predicted molar refractivity (Wildman–Crippen MR) is 53.3 cm³/mol. The Kier molecular flexibility index (Phi) is 3.38. The first kappa shape index (κ1) is 9.65. The number of hydrogen-bond donors (Lipinski definition) is 0. The zero-order valence-corrected chi connectivity index (χ0v) is 8.04. The minimum Gasteiger partial charge on any atom is -0.493 e. The molecular weight excluding hydrogens is 164 g/mol. The fourth-order valence-corrected chi connectivity index (χ4v) is 0.939. The zero-order chi connectivity index (χ0) is 9.68. The van der Waals surface area contributed by atoms with Crippen LogP contribution in [0.4, 0.5) is 0 Å². The molecule has 0 aliphatic heterocycles. The van der Waals surface area contributed by atoms with E-state index in [2.05, 4.69) is 6.58 Å². The Morgan fingerprint density at radius 1 is 1.31 bits per heavy atom. The van der Waals surface area contributed by atoms with E-state index >= 15 is 0 Å². The summed E-state index contributed by atoms with van der Waals surface area (Å²) < 4.78 is 10.6. The van der Waals surface area contributed by atoms with Crippen molar-refractivity contribution >= 4 is 0 Å². The molecule has 2 nitrogen and oxygen atoms in total. The lowest BCUT2D eigenvalue weighted by atomic mass is 10.3. The molecule has 70 valence electrons.